The SMILES string of the molecule is Cc1ncoc1C(=O)N1CCC2(CC1)CC(OCCOC(C)C)CCO2. The Bertz CT molecular complexity index is 593. The van der Waals surface area contributed by atoms with Gasteiger partial charge in [-0.1, -0.05) is 0 Å². The lowest BCUT2D eigenvalue weighted by molar-refractivity contribution is -0.156. The van der Waals surface area contributed by atoms with Gasteiger partial charge in [0.2, 0.25) is 5.76 Å². The molecule has 7 heteroatoms. The maximum absolute atomic E-state index is 12.6. The van der Waals surface area contributed by atoms with Crippen molar-refractivity contribution in [3.05, 3.63) is 17.8 Å². The lowest BCUT2D eigenvalue weighted by Crippen LogP contribution is -2.52. The quantitative estimate of drug-likeness (QED) is 0.721. The van der Waals surface area contributed by atoms with Crippen molar-refractivity contribution in [2.45, 2.75) is 64.3 Å². The molecule has 0 aliphatic carbocycles. The summed E-state index contributed by atoms with van der Waals surface area (Å²) in [6, 6.07) is 0. The first kappa shape index (κ1) is 19.3. The number of oxazole rings is 1. The molecule has 0 N–H and O–H groups in total. The minimum Gasteiger partial charge on any atom is -0.438 e. The third-order valence-electron chi connectivity index (χ3n) is 5.24. The van der Waals surface area contributed by atoms with Crippen LogP contribution in [0.25, 0.3) is 0 Å². The topological polar surface area (TPSA) is 74.0 Å². The first-order valence-corrected chi connectivity index (χ1v) is 9.56. The molecule has 1 aromatic rings. The van der Waals surface area contributed by atoms with Gasteiger partial charge in [-0.05, 0) is 40.0 Å². The van der Waals surface area contributed by atoms with Crippen molar-refractivity contribution in [3.8, 4) is 0 Å². The Labute approximate surface area is 155 Å². The lowest BCUT2D eigenvalue weighted by Gasteiger charge is -2.45. The van der Waals surface area contributed by atoms with Crippen molar-refractivity contribution < 1.29 is 23.4 Å². The molecule has 3 heterocycles. The van der Waals surface area contributed by atoms with Gasteiger partial charge in [-0.15, -0.1) is 0 Å². The number of amides is 1. The van der Waals surface area contributed by atoms with Gasteiger partial charge in [0.1, 0.15) is 0 Å². The summed E-state index contributed by atoms with van der Waals surface area (Å²) in [5, 5.41) is 0. The molecule has 0 aromatic carbocycles. The number of hydrogen-bond donors (Lipinski definition) is 0. The Morgan fingerprint density at radius 1 is 1.38 bits per heavy atom. The molecule has 2 fully saturated rings. The summed E-state index contributed by atoms with van der Waals surface area (Å²) in [6.07, 6.45) is 5.22. The zero-order chi connectivity index (χ0) is 18.6. The van der Waals surface area contributed by atoms with E-state index < -0.39 is 0 Å². The van der Waals surface area contributed by atoms with E-state index in [1.807, 2.05) is 18.7 Å². The number of rotatable bonds is 6. The van der Waals surface area contributed by atoms with Crippen molar-refractivity contribution in [1.29, 1.82) is 0 Å². The Morgan fingerprint density at radius 3 is 2.81 bits per heavy atom. The predicted molar refractivity (Wildman–Crippen MR) is 95.1 cm³/mol. The average molecular weight is 366 g/mol. The summed E-state index contributed by atoms with van der Waals surface area (Å²) < 4.78 is 22.9. The Hall–Kier alpha value is -1.44. The van der Waals surface area contributed by atoms with Gasteiger partial charge in [-0.2, -0.15) is 0 Å². The van der Waals surface area contributed by atoms with Crippen molar-refractivity contribution in [1.82, 2.24) is 9.88 Å². The Balaban J connectivity index is 1.48. The molecule has 1 aromatic heterocycles. The lowest BCUT2D eigenvalue weighted by atomic mass is 9.83. The molecule has 0 saturated carbocycles. The fraction of sp³-hybridized carbons (Fsp3) is 0.789. The summed E-state index contributed by atoms with van der Waals surface area (Å²) in [5.74, 6) is 0.265. The van der Waals surface area contributed by atoms with Crippen LogP contribution in [0.2, 0.25) is 0 Å². The fourth-order valence-corrected chi connectivity index (χ4v) is 3.74. The van der Waals surface area contributed by atoms with E-state index in [1.165, 1.54) is 6.39 Å². The van der Waals surface area contributed by atoms with Crippen molar-refractivity contribution in [2.24, 2.45) is 0 Å². The Morgan fingerprint density at radius 2 is 2.15 bits per heavy atom. The van der Waals surface area contributed by atoms with Crippen LogP contribution < -0.4 is 0 Å². The van der Waals surface area contributed by atoms with Crippen LogP contribution in [-0.4, -0.2) is 66.5 Å². The molecule has 2 saturated heterocycles. The van der Waals surface area contributed by atoms with Crippen molar-refractivity contribution >= 4 is 5.91 Å². The summed E-state index contributed by atoms with van der Waals surface area (Å²) in [4.78, 5) is 18.4. The zero-order valence-electron chi connectivity index (χ0n) is 16.0. The van der Waals surface area contributed by atoms with E-state index in [4.69, 9.17) is 18.6 Å². The second kappa shape index (κ2) is 8.50. The van der Waals surface area contributed by atoms with Gasteiger partial charge < -0.3 is 23.5 Å². The van der Waals surface area contributed by atoms with Gasteiger partial charge in [0.05, 0.1) is 36.7 Å². The van der Waals surface area contributed by atoms with E-state index >= 15 is 0 Å². The maximum atomic E-state index is 12.6. The number of piperidine rings is 1. The molecule has 1 atom stereocenters. The number of carbonyl (C=O) groups is 1. The predicted octanol–water partition coefficient (Wildman–Crippen LogP) is 2.58. The minimum absolute atomic E-state index is 0.0794. The van der Waals surface area contributed by atoms with Gasteiger partial charge in [0.25, 0.3) is 5.91 Å². The van der Waals surface area contributed by atoms with Gasteiger partial charge >= 0.3 is 0 Å². The minimum atomic E-state index is -0.172. The number of aryl methyl sites for hydroxylation is 1. The molecule has 1 spiro atoms. The summed E-state index contributed by atoms with van der Waals surface area (Å²) in [6.45, 7) is 9.14. The van der Waals surface area contributed by atoms with Crippen LogP contribution in [-0.2, 0) is 14.2 Å². The molecule has 2 aliphatic rings. The third kappa shape index (κ3) is 4.64. The second-order valence-electron chi connectivity index (χ2n) is 7.50. The molecule has 146 valence electrons. The normalized spacial score (nSPS) is 22.9. The van der Waals surface area contributed by atoms with Crippen molar-refractivity contribution in [3.63, 3.8) is 0 Å². The molecule has 2 aliphatic heterocycles. The van der Waals surface area contributed by atoms with E-state index in [0.29, 0.717) is 44.4 Å². The maximum Gasteiger partial charge on any atom is 0.291 e. The number of carbonyl (C=O) groups excluding carboxylic acids is 1. The molecule has 0 radical (unpaired) electrons. The van der Waals surface area contributed by atoms with Crippen LogP contribution in [0.3, 0.4) is 0 Å². The number of aromatic nitrogens is 1. The smallest absolute Gasteiger partial charge is 0.291 e. The summed E-state index contributed by atoms with van der Waals surface area (Å²) in [5.41, 5.74) is 0.469. The van der Waals surface area contributed by atoms with E-state index in [1.54, 1.807) is 6.92 Å². The standard InChI is InChI=1S/C19H30N2O5/c1-14(2)23-10-11-24-16-4-9-26-19(12-16)5-7-21(8-6-19)18(22)17-15(3)20-13-25-17/h13-14,16H,4-12H2,1-3H3. The average Bonchev–Trinajstić information content (AvgIpc) is 3.05. The van der Waals surface area contributed by atoms with Crippen LogP contribution in [0.15, 0.2) is 10.8 Å². The van der Waals surface area contributed by atoms with E-state index in [-0.39, 0.29) is 23.7 Å². The highest BCUT2D eigenvalue weighted by molar-refractivity contribution is 5.92. The highest BCUT2D eigenvalue weighted by atomic mass is 16.5. The van der Waals surface area contributed by atoms with Gasteiger partial charge in [0, 0.05) is 26.1 Å². The fourth-order valence-electron chi connectivity index (χ4n) is 3.74. The van der Waals surface area contributed by atoms with Crippen LogP contribution in [0.4, 0.5) is 0 Å². The summed E-state index contributed by atoms with van der Waals surface area (Å²) >= 11 is 0. The second-order valence-corrected chi connectivity index (χ2v) is 7.50. The number of likely N-dealkylation sites (tertiary alicyclic amines) is 1. The first-order valence-electron chi connectivity index (χ1n) is 9.56. The number of nitrogens with zero attached hydrogens (tertiary/aromatic N) is 2. The number of hydrogen-bond acceptors (Lipinski definition) is 6. The third-order valence-corrected chi connectivity index (χ3v) is 5.24. The molecule has 7 nitrogen and oxygen atoms in total. The first-order chi connectivity index (χ1) is 12.5. The van der Waals surface area contributed by atoms with Crippen LogP contribution in [0.1, 0.15) is 55.8 Å². The van der Waals surface area contributed by atoms with Crippen molar-refractivity contribution in [2.75, 3.05) is 32.9 Å². The zero-order valence-corrected chi connectivity index (χ0v) is 16.0. The molecule has 1 unspecified atom stereocenters. The molecule has 26 heavy (non-hydrogen) atoms. The van der Waals surface area contributed by atoms with Crippen LogP contribution >= 0.6 is 0 Å². The van der Waals surface area contributed by atoms with E-state index in [2.05, 4.69) is 4.98 Å². The molecule has 3 rings (SSSR count). The van der Waals surface area contributed by atoms with Gasteiger partial charge in [0.15, 0.2) is 6.39 Å². The highest BCUT2D eigenvalue weighted by Crippen LogP contribution is 2.36. The monoisotopic (exact) mass is 366 g/mol. The highest BCUT2D eigenvalue weighted by Gasteiger charge is 2.42. The number of ether oxygens (including phenoxy) is 3. The van der Waals surface area contributed by atoms with Gasteiger partial charge in [-0.25, -0.2) is 4.98 Å². The van der Waals surface area contributed by atoms with E-state index in [0.717, 1.165) is 25.7 Å². The molecular weight excluding hydrogens is 336 g/mol. The molecule has 0 bridgehead atoms. The van der Waals surface area contributed by atoms with Crippen LogP contribution in [0, 0.1) is 6.92 Å². The van der Waals surface area contributed by atoms with E-state index in [9.17, 15) is 4.79 Å². The largest absolute Gasteiger partial charge is 0.438 e. The van der Waals surface area contributed by atoms with Crippen LogP contribution in [0.5, 0.6) is 0 Å². The molecular formula is C19H30N2O5. The summed E-state index contributed by atoms with van der Waals surface area (Å²) in [7, 11) is 0. The van der Waals surface area contributed by atoms with Gasteiger partial charge in [-0.3, -0.25) is 4.79 Å². The molecule has 1 amide bonds. The Kier molecular flexibility index (Phi) is 6.32.